The SMILES string of the molecule is COc1cc(OS(=O)C(F)(F)F)cc(C)c1CN1CCCCC1. The Bertz CT molecular complexity index is 572. The fraction of sp³-hybridized carbons (Fsp3) is 0.600. The lowest BCUT2D eigenvalue weighted by Gasteiger charge is -2.28. The van der Waals surface area contributed by atoms with E-state index in [2.05, 4.69) is 9.08 Å². The van der Waals surface area contributed by atoms with Crippen LogP contribution in [0.15, 0.2) is 12.1 Å². The van der Waals surface area contributed by atoms with Crippen molar-refractivity contribution in [3.63, 3.8) is 0 Å². The maximum absolute atomic E-state index is 12.3. The van der Waals surface area contributed by atoms with Crippen LogP contribution in [0.2, 0.25) is 0 Å². The van der Waals surface area contributed by atoms with Crippen LogP contribution in [0.3, 0.4) is 0 Å². The molecular weight excluding hydrogens is 331 g/mol. The van der Waals surface area contributed by atoms with Gasteiger partial charge in [0, 0.05) is 18.2 Å². The van der Waals surface area contributed by atoms with Gasteiger partial charge in [-0.05, 0) is 44.5 Å². The van der Waals surface area contributed by atoms with Crippen LogP contribution in [-0.4, -0.2) is 34.8 Å². The van der Waals surface area contributed by atoms with Crippen LogP contribution in [0.25, 0.3) is 0 Å². The molecule has 8 heteroatoms. The highest BCUT2D eigenvalue weighted by Gasteiger charge is 2.40. The Morgan fingerprint density at radius 2 is 1.87 bits per heavy atom. The Hall–Kier alpha value is -1.28. The third-order valence-corrected chi connectivity index (χ3v) is 4.54. The van der Waals surface area contributed by atoms with Crippen molar-refractivity contribution >= 4 is 11.1 Å². The Labute approximate surface area is 136 Å². The normalized spacial score (nSPS) is 17.8. The van der Waals surface area contributed by atoms with Gasteiger partial charge in [-0.15, -0.1) is 0 Å². The fourth-order valence-corrected chi connectivity index (χ4v) is 3.03. The summed E-state index contributed by atoms with van der Waals surface area (Å²) in [5.74, 6) is 0.335. The van der Waals surface area contributed by atoms with E-state index in [4.69, 9.17) is 4.74 Å². The highest BCUT2D eigenvalue weighted by Crippen LogP contribution is 2.32. The molecule has 130 valence electrons. The first-order chi connectivity index (χ1) is 10.8. The van der Waals surface area contributed by atoms with Gasteiger partial charge < -0.3 is 8.92 Å². The number of rotatable bonds is 5. The average molecular weight is 351 g/mol. The van der Waals surface area contributed by atoms with Crippen molar-refractivity contribution in [1.82, 2.24) is 4.90 Å². The number of nitrogens with zero attached hydrogens (tertiary/aromatic N) is 1. The maximum Gasteiger partial charge on any atom is 0.508 e. The average Bonchev–Trinajstić information content (AvgIpc) is 2.49. The summed E-state index contributed by atoms with van der Waals surface area (Å²) >= 11 is -3.39. The molecule has 0 aliphatic carbocycles. The number of methoxy groups -OCH3 is 1. The molecule has 0 bridgehead atoms. The Kier molecular flexibility index (Phi) is 5.91. The second-order valence-electron chi connectivity index (χ2n) is 5.52. The molecule has 0 aromatic heterocycles. The monoisotopic (exact) mass is 351 g/mol. The maximum atomic E-state index is 12.3. The van der Waals surface area contributed by atoms with Gasteiger partial charge in [0.1, 0.15) is 11.5 Å². The topological polar surface area (TPSA) is 38.8 Å². The summed E-state index contributed by atoms with van der Waals surface area (Å²) < 4.78 is 57.9. The Morgan fingerprint density at radius 3 is 2.43 bits per heavy atom. The molecular formula is C15H20F3NO3S. The smallest absolute Gasteiger partial charge is 0.496 e. The second-order valence-corrected chi connectivity index (χ2v) is 6.62. The molecule has 4 nitrogen and oxygen atoms in total. The molecule has 0 amide bonds. The minimum absolute atomic E-state index is 0.114. The number of halogens is 3. The Balaban J connectivity index is 2.19. The van der Waals surface area contributed by atoms with Crippen molar-refractivity contribution in [2.75, 3.05) is 20.2 Å². The molecule has 1 aliphatic rings. The van der Waals surface area contributed by atoms with Crippen molar-refractivity contribution in [2.24, 2.45) is 0 Å². The Morgan fingerprint density at radius 1 is 1.22 bits per heavy atom. The molecule has 1 aromatic carbocycles. The number of hydrogen-bond donors (Lipinski definition) is 0. The van der Waals surface area contributed by atoms with Gasteiger partial charge in [-0.1, -0.05) is 6.42 Å². The summed E-state index contributed by atoms with van der Waals surface area (Å²) in [7, 11) is 1.46. The van der Waals surface area contributed by atoms with Gasteiger partial charge in [0.15, 0.2) is 0 Å². The van der Waals surface area contributed by atoms with Gasteiger partial charge in [0.2, 0.25) is 0 Å². The molecule has 1 fully saturated rings. The van der Waals surface area contributed by atoms with Crippen LogP contribution in [0.5, 0.6) is 11.5 Å². The molecule has 1 aliphatic heterocycles. The minimum atomic E-state index is -4.91. The van der Waals surface area contributed by atoms with Crippen molar-refractivity contribution in [2.45, 2.75) is 38.2 Å². The number of piperidine rings is 1. The number of aryl methyl sites for hydroxylation is 1. The molecule has 1 saturated heterocycles. The van der Waals surface area contributed by atoms with E-state index in [1.807, 2.05) is 0 Å². The lowest BCUT2D eigenvalue weighted by atomic mass is 10.0. The molecule has 1 aromatic rings. The van der Waals surface area contributed by atoms with E-state index in [0.29, 0.717) is 12.3 Å². The lowest BCUT2D eigenvalue weighted by molar-refractivity contribution is -0.0437. The zero-order valence-electron chi connectivity index (χ0n) is 13.1. The summed E-state index contributed by atoms with van der Waals surface area (Å²) in [5.41, 5.74) is -3.24. The van der Waals surface area contributed by atoms with Crippen LogP contribution in [0, 0.1) is 6.92 Å². The molecule has 0 saturated carbocycles. The largest absolute Gasteiger partial charge is 0.508 e. The van der Waals surface area contributed by atoms with E-state index in [-0.39, 0.29) is 5.75 Å². The zero-order chi connectivity index (χ0) is 17.0. The van der Waals surface area contributed by atoms with Crippen molar-refractivity contribution in [3.8, 4) is 11.5 Å². The predicted octanol–water partition coefficient (Wildman–Crippen LogP) is 3.55. The summed E-state index contributed by atoms with van der Waals surface area (Å²) in [5, 5.41) is 0. The van der Waals surface area contributed by atoms with Gasteiger partial charge >= 0.3 is 16.6 Å². The zero-order valence-corrected chi connectivity index (χ0v) is 13.9. The molecule has 1 heterocycles. The van der Waals surface area contributed by atoms with Gasteiger partial charge in [0.25, 0.3) is 0 Å². The third-order valence-electron chi connectivity index (χ3n) is 3.82. The van der Waals surface area contributed by atoms with Gasteiger partial charge in [-0.2, -0.15) is 13.2 Å². The van der Waals surface area contributed by atoms with Crippen molar-refractivity contribution in [3.05, 3.63) is 23.3 Å². The standard InChI is InChI=1S/C15H20F3NO3S/c1-11-8-12(22-23(20)15(16,17)18)9-14(21-2)13(11)10-19-6-4-3-5-7-19/h8-9H,3-7,10H2,1-2H3. The highest BCUT2D eigenvalue weighted by molar-refractivity contribution is 7.81. The van der Waals surface area contributed by atoms with Crippen LogP contribution in [0.1, 0.15) is 30.4 Å². The minimum Gasteiger partial charge on any atom is -0.496 e. The van der Waals surface area contributed by atoms with E-state index in [1.54, 1.807) is 6.92 Å². The van der Waals surface area contributed by atoms with Gasteiger partial charge in [-0.3, -0.25) is 4.90 Å². The second kappa shape index (κ2) is 7.53. The van der Waals surface area contributed by atoms with E-state index >= 15 is 0 Å². The van der Waals surface area contributed by atoms with Gasteiger partial charge in [-0.25, -0.2) is 4.21 Å². The molecule has 2 rings (SSSR count). The molecule has 1 unspecified atom stereocenters. The molecule has 0 spiro atoms. The number of benzene rings is 1. The molecule has 0 N–H and O–H groups in total. The first-order valence-electron chi connectivity index (χ1n) is 7.38. The third kappa shape index (κ3) is 4.84. The molecule has 23 heavy (non-hydrogen) atoms. The van der Waals surface area contributed by atoms with Crippen LogP contribution < -0.4 is 8.92 Å². The quantitative estimate of drug-likeness (QED) is 0.813. The number of ether oxygens (including phenoxy) is 1. The predicted molar refractivity (Wildman–Crippen MR) is 81.7 cm³/mol. The number of hydrogen-bond acceptors (Lipinski definition) is 4. The van der Waals surface area contributed by atoms with Crippen LogP contribution in [0.4, 0.5) is 13.2 Å². The van der Waals surface area contributed by atoms with Crippen LogP contribution >= 0.6 is 0 Å². The summed E-state index contributed by atoms with van der Waals surface area (Å²) in [6.07, 6.45) is 3.52. The molecule has 1 atom stereocenters. The first kappa shape index (κ1) is 18.1. The van der Waals surface area contributed by atoms with Crippen LogP contribution in [-0.2, 0) is 17.6 Å². The number of likely N-dealkylation sites (tertiary alicyclic amines) is 1. The summed E-state index contributed by atoms with van der Waals surface area (Å²) in [6, 6.07) is 2.82. The summed E-state index contributed by atoms with van der Waals surface area (Å²) in [6.45, 7) is 4.46. The lowest BCUT2D eigenvalue weighted by Crippen LogP contribution is -2.29. The van der Waals surface area contributed by atoms with Crippen molar-refractivity contribution < 1.29 is 26.3 Å². The summed E-state index contributed by atoms with van der Waals surface area (Å²) in [4.78, 5) is 2.29. The van der Waals surface area contributed by atoms with Crippen molar-refractivity contribution in [1.29, 1.82) is 0 Å². The highest BCUT2D eigenvalue weighted by atomic mass is 32.2. The van der Waals surface area contributed by atoms with E-state index in [9.17, 15) is 17.4 Å². The van der Waals surface area contributed by atoms with E-state index < -0.39 is 16.6 Å². The fourth-order valence-electron chi connectivity index (χ4n) is 2.66. The van der Waals surface area contributed by atoms with Gasteiger partial charge in [0.05, 0.1) is 7.11 Å². The molecule has 0 radical (unpaired) electrons. The van der Waals surface area contributed by atoms with E-state index in [1.165, 1.54) is 25.7 Å². The first-order valence-corrected chi connectivity index (χ1v) is 8.45. The van der Waals surface area contributed by atoms with E-state index in [0.717, 1.165) is 37.1 Å². The number of alkyl halides is 3.